The van der Waals surface area contributed by atoms with Crippen LogP contribution in [0, 0.1) is 11.8 Å². The molecule has 0 aromatic carbocycles. The Morgan fingerprint density at radius 2 is 1.87 bits per heavy atom. The molecule has 90 valence electrons. The van der Waals surface area contributed by atoms with E-state index in [4.69, 9.17) is 0 Å². The van der Waals surface area contributed by atoms with E-state index < -0.39 is 0 Å². The zero-order valence-corrected chi connectivity index (χ0v) is 10.9. The van der Waals surface area contributed by atoms with Gasteiger partial charge in [-0.25, -0.2) is 0 Å². The molecule has 0 aromatic rings. The van der Waals surface area contributed by atoms with Gasteiger partial charge in [0.15, 0.2) is 0 Å². The molecule has 0 radical (unpaired) electrons. The van der Waals surface area contributed by atoms with Gasteiger partial charge < -0.3 is 10.2 Å². The molecule has 3 unspecified atom stereocenters. The molecule has 1 saturated carbocycles. The Balaban J connectivity index is 2.07. The zero-order valence-electron chi connectivity index (χ0n) is 10.9. The van der Waals surface area contributed by atoms with E-state index in [0.29, 0.717) is 0 Å². The summed E-state index contributed by atoms with van der Waals surface area (Å²) in [7, 11) is 4.29. The monoisotopic (exact) mass is 212 g/mol. The number of hydrogen-bond acceptors (Lipinski definition) is 2. The summed E-state index contributed by atoms with van der Waals surface area (Å²) in [5, 5.41) is 3.70. The van der Waals surface area contributed by atoms with E-state index in [2.05, 4.69) is 38.2 Å². The van der Waals surface area contributed by atoms with Gasteiger partial charge in [-0.05, 0) is 64.7 Å². The summed E-state index contributed by atoms with van der Waals surface area (Å²) < 4.78 is 0. The minimum atomic E-state index is 0.790. The van der Waals surface area contributed by atoms with E-state index in [1.807, 2.05) is 0 Å². The summed E-state index contributed by atoms with van der Waals surface area (Å²) >= 11 is 0. The van der Waals surface area contributed by atoms with Crippen LogP contribution in [0.1, 0.15) is 39.5 Å². The highest BCUT2D eigenvalue weighted by atomic mass is 15.1. The topological polar surface area (TPSA) is 15.3 Å². The minimum Gasteiger partial charge on any atom is -0.314 e. The van der Waals surface area contributed by atoms with Gasteiger partial charge in [0.2, 0.25) is 0 Å². The van der Waals surface area contributed by atoms with Crippen molar-refractivity contribution in [2.75, 3.05) is 27.2 Å². The van der Waals surface area contributed by atoms with Crippen LogP contribution in [0.2, 0.25) is 0 Å². The molecule has 1 fully saturated rings. The lowest BCUT2D eigenvalue weighted by molar-refractivity contribution is 0.225. The van der Waals surface area contributed by atoms with Gasteiger partial charge in [-0.15, -0.1) is 0 Å². The molecule has 0 bridgehead atoms. The first-order valence-electron chi connectivity index (χ1n) is 6.47. The van der Waals surface area contributed by atoms with Crippen molar-refractivity contribution in [1.82, 2.24) is 10.2 Å². The summed E-state index contributed by atoms with van der Waals surface area (Å²) in [6, 6.07) is 0.790. The van der Waals surface area contributed by atoms with Crippen molar-refractivity contribution in [2.45, 2.75) is 45.6 Å². The highest BCUT2D eigenvalue weighted by molar-refractivity contribution is 4.79. The van der Waals surface area contributed by atoms with Gasteiger partial charge >= 0.3 is 0 Å². The quantitative estimate of drug-likeness (QED) is 0.704. The van der Waals surface area contributed by atoms with Crippen LogP contribution in [-0.2, 0) is 0 Å². The lowest BCUT2D eigenvalue weighted by Gasteiger charge is -2.32. The van der Waals surface area contributed by atoms with Gasteiger partial charge in [-0.3, -0.25) is 0 Å². The zero-order chi connectivity index (χ0) is 11.3. The van der Waals surface area contributed by atoms with Crippen LogP contribution < -0.4 is 5.32 Å². The van der Waals surface area contributed by atoms with Gasteiger partial charge in [-0.1, -0.05) is 13.8 Å². The highest BCUT2D eigenvalue weighted by Crippen LogP contribution is 2.29. The molecule has 1 N–H and O–H groups in total. The Kier molecular flexibility index (Phi) is 5.62. The van der Waals surface area contributed by atoms with E-state index in [1.165, 1.54) is 38.8 Å². The van der Waals surface area contributed by atoms with Crippen molar-refractivity contribution < 1.29 is 0 Å². The summed E-state index contributed by atoms with van der Waals surface area (Å²) in [5.74, 6) is 1.84. The second-order valence-corrected chi connectivity index (χ2v) is 5.58. The van der Waals surface area contributed by atoms with Gasteiger partial charge in [-0.2, -0.15) is 0 Å². The van der Waals surface area contributed by atoms with Crippen LogP contribution in [0.15, 0.2) is 0 Å². The molecule has 1 rings (SSSR count). The maximum Gasteiger partial charge on any atom is 0.00698 e. The normalized spacial score (nSPS) is 32.2. The van der Waals surface area contributed by atoms with Crippen LogP contribution in [0.5, 0.6) is 0 Å². The molecule has 15 heavy (non-hydrogen) atoms. The first kappa shape index (κ1) is 13.0. The van der Waals surface area contributed by atoms with Crippen molar-refractivity contribution in [1.29, 1.82) is 0 Å². The predicted octanol–water partition coefficient (Wildman–Crippen LogP) is 2.35. The highest BCUT2D eigenvalue weighted by Gasteiger charge is 2.23. The van der Waals surface area contributed by atoms with Crippen LogP contribution in [0.25, 0.3) is 0 Å². The van der Waals surface area contributed by atoms with Crippen molar-refractivity contribution in [3.05, 3.63) is 0 Å². The van der Waals surface area contributed by atoms with Crippen molar-refractivity contribution in [3.63, 3.8) is 0 Å². The van der Waals surface area contributed by atoms with Gasteiger partial charge in [0.25, 0.3) is 0 Å². The van der Waals surface area contributed by atoms with Gasteiger partial charge in [0.1, 0.15) is 0 Å². The minimum absolute atomic E-state index is 0.790. The van der Waals surface area contributed by atoms with Crippen molar-refractivity contribution in [3.8, 4) is 0 Å². The van der Waals surface area contributed by atoms with Crippen LogP contribution >= 0.6 is 0 Å². The molecular formula is C13H28N2. The fraction of sp³-hybridized carbons (Fsp3) is 1.00. The third-order valence-corrected chi connectivity index (χ3v) is 3.81. The first-order valence-corrected chi connectivity index (χ1v) is 6.47. The Morgan fingerprint density at radius 1 is 1.13 bits per heavy atom. The van der Waals surface area contributed by atoms with E-state index in [-0.39, 0.29) is 0 Å². The van der Waals surface area contributed by atoms with E-state index in [1.54, 1.807) is 0 Å². The second-order valence-electron chi connectivity index (χ2n) is 5.58. The Hall–Kier alpha value is -0.0800. The van der Waals surface area contributed by atoms with Crippen LogP contribution in [0.4, 0.5) is 0 Å². The van der Waals surface area contributed by atoms with E-state index in [0.717, 1.165) is 17.9 Å². The van der Waals surface area contributed by atoms with Crippen molar-refractivity contribution >= 4 is 0 Å². The molecule has 2 nitrogen and oxygen atoms in total. The Labute approximate surface area is 95.4 Å². The van der Waals surface area contributed by atoms with E-state index >= 15 is 0 Å². The molecule has 0 saturated heterocycles. The number of nitrogens with one attached hydrogen (secondary N) is 1. The number of nitrogens with zero attached hydrogens (tertiary/aromatic N) is 1. The molecule has 1 aliphatic rings. The lowest BCUT2D eigenvalue weighted by atomic mass is 9.79. The molecule has 0 heterocycles. The molecule has 0 aliphatic heterocycles. The summed E-state index contributed by atoms with van der Waals surface area (Å²) in [6.07, 6.45) is 5.44. The Morgan fingerprint density at radius 3 is 2.47 bits per heavy atom. The fourth-order valence-corrected chi connectivity index (χ4v) is 2.43. The average molecular weight is 212 g/mol. The van der Waals surface area contributed by atoms with Gasteiger partial charge in [0.05, 0.1) is 0 Å². The fourth-order valence-electron chi connectivity index (χ4n) is 2.43. The second kappa shape index (κ2) is 6.49. The lowest BCUT2D eigenvalue weighted by Crippen LogP contribution is -2.37. The average Bonchev–Trinajstić information content (AvgIpc) is 2.18. The van der Waals surface area contributed by atoms with E-state index in [9.17, 15) is 0 Å². The molecule has 0 spiro atoms. The first-order chi connectivity index (χ1) is 7.09. The third kappa shape index (κ3) is 4.98. The summed E-state index contributed by atoms with van der Waals surface area (Å²) in [5.41, 5.74) is 0. The van der Waals surface area contributed by atoms with Gasteiger partial charge in [0, 0.05) is 6.04 Å². The number of rotatable bonds is 5. The standard InChI is InChI=1S/C13H28N2/c1-11-6-7-13(10-12(11)2)14-8-5-9-15(3)4/h11-14H,5-10H2,1-4H3. The maximum absolute atomic E-state index is 3.70. The van der Waals surface area contributed by atoms with Crippen LogP contribution in [-0.4, -0.2) is 38.1 Å². The molecule has 0 aromatic heterocycles. The number of hydrogen-bond donors (Lipinski definition) is 1. The third-order valence-electron chi connectivity index (χ3n) is 3.81. The Bertz CT molecular complexity index is 168. The van der Waals surface area contributed by atoms with Crippen LogP contribution in [0.3, 0.4) is 0 Å². The molecule has 1 aliphatic carbocycles. The maximum atomic E-state index is 3.70. The molecular weight excluding hydrogens is 184 g/mol. The molecule has 2 heteroatoms. The molecule has 3 atom stereocenters. The molecule has 0 amide bonds. The largest absolute Gasteiger partial charge is 0.314 e. The smallest absolute Gasteiger partial charge is 0.00698 e. The predicted molar refractivity (Wildman–Crippen MR) is 67.1 cm³/mol. The summed E-state index contributed by atoms with van der Waals surface area (Å²) in [4.78, 5) is 2.26. The SMILES string of the molecule is CC1CCC(NCCCN(C)C)CC1C. The van der Waals surface area contributed by atoms with Crippen molar-refractivity contribution in [2.24, 2.45) is 11.8 Å². The summed E-state index contributed by atoms with van der Waals surface area (Å²) in [6.45, 7) is 7.18.